The molecule has 0 saturated carbocycles. The second-order valence-electron chi connectivity index (χ2n) is 5.86. The van der Waals surface area contributed by atoms with Crippen molar-refractivity contribution in [3.05, 3.63) is 23.9 Å². The molecule has 100 valence electrons. The van der Waals surface area contributed by atoms with E-state index in [9.17, 15) is 0 Å². The lowest BCUT2D eigenvalue weighted by molar-refractivity contribution is 0.586. The van der Waals surface area contributed by atoms with E-state index in [0.29, 0.717) is 12.1 Å². The van der Waals surface area contributed by atoms with Crippen LogP contribution >= 0.6 is 0 Å². The fourth-order valence-electron chi connectivity index (χ4n) is 2.74. The van der Waals surface area contributed by atoms with Gasteiger partial charge in [-0.05, 0) is 25.3 Å². The number of pyridine rings is 1. The normalized spacial score (nSPS) is 23.9. The molecule has 1 saturated heterocycles. The van der Waals surface area contributed by atoms with Crippen LogP contribution in [-0.4, -0.2) is 23.6 Å². The molecule has 2 rings (SSSR count). The van der Waals surface area contributed by atoms with E-state index < -0.39 is 0 Å². The molecule has 0 aromatic carbocycles. The number of rotatable bonds is 4. The van der Waals surface area contributed by atoms with Crippen molar-refractivity contribution >= 4 is 5.82 Å². The molecule has 2 unspecified atom stereocenters. The van der Waals surface area contributed by atoms with Gasteiger partial charge in [0.25, 0.3) is 0 Å². The first-order valence-electron chi connectivity index (χ1n) is 7.02. The van der Waals surface area contributed by atoms with E-state index in [1.165, 1.54) is 17.8 Å². The minimum atomic E-state index is 0.507. The van der Waals surface area contributed by atoms with Gasteiger partial charge in [-0.15, -0.1) is 0 Å². The Bertz CT molecular complexity index is 389. The van der Waals surface area contributed by atoms with Crippen molar-refractivity contribution in [2.45, 2.75) is 52.7 Å². The first-order valence-corrected chi connectivity index (χ1v) is 7.02. The molecule has 1 aliphatic rings. The highest BCUT2D eigenvalue weighted by Gasteiger charge is 2.28. The van der Waals surface area contributed by atoms with E-state index in [1.54, 1.807) is 0 Å². The van der Waals surface area contributed by atoms with Gasteiger partial charge in [0, 0.05) is 36.9 Å². The van der Waals surface area contributed by atoms with Crippen molar-refractivity contribution in [2.75, 3.05) is 11.4 Å². The van der Waals surface area contributed by atoms with Gasteiger partial charge in [0.1, 0.15) is 5.82 Å². The van der Waals surface area contributed by atoms with Gasteiger partial charge in [-0.2, -0.15) is 0 Å². The minimum Gasteiger partial charge on any atom is -0.353 e. The molecule has 0 bridgehead atoms. The maximum absolute atomic E-state index is 4.61. The van der Waals surface area contributed by atoms with Crippen LogP contribution in [-0.2, 0) is 6.54 Å². The second-order valence-corrected chi connectivity index (χ2v) is 5.86. The summed E-state index contributed by atoms with van der Waals surface area (Å²) in [5, 5.41) is 3.49. The zero-order valence-electron chi connectivity index (χ0n) is 12.0. The fraction of sp³-hybridized carbons (Fsp3) is 0.667. The predicted molar refractivity (Wildman–Crippen MR) is 76.8 cm³/mol. The molecule has 1 aromatic rings. The lowest BCUT2D eigenvalue weighted by atomic mass is 10.1. The highest BCUT2D eigenvalue weighted by Crippen LogP contribution is 2.29. The number of hydrogen-bond donors (Lipinski definition) is 1. The molecule has 18 heavy (non-hydrogen) atoms. The first-order chi connectivity index (χ1) is 8.58. The monoisotopic (exact) mass is 247 g/mol. The summed E-state index contributed by atoms with van der Waals surface area (Å²) < 4.78 is 0. The summed E-state index contributed by atoms with van der Waals surface area (Å²) in [5.74, 6) is 1.94. The lowest BCUT2D eigenvalue weighted by Gasteiger charge is -2.25. The molecular weight excluding hydrogens is 222 g/mol. The van der Waals surface area contributed by atoms with Crippen molar-refractivity contribution in [1.82, 2.24) is 10.3 Å². The van der Waals surface area contributed by atoms with E-state index in [0.717, 1.165) is 19.0 Å². The van der Waals surface area contributed by atoms with Crippen molar-refractivity contribution in [3.8, 4) is 0 Å². The van der Waals surface area contributed by atoms with Crippen LogP contribution in [0.5, 0.6) is 0 Å². The lowest BCUT2D eigenvalue weighted by Crippen LogP contribution is -2.30. The summed E-state index contributed by atoms with van der Waals surface area (Å²) in [6, 6.07) is 5.33. The Morgan fingerprint density at radius 3 is 2.83 bits per heavy atom. The van der Waals surface area contributed by atoms with Crippen LogP contribution < -0.4 is 10.2 Å². The molecule has 0 radical (unpaired) electrons. The largest absolute Gasteiger partial charge is 0.353 e. The average Bonchev–Trinajstić information content (AvgIpc) is 2.66. The molecular formula is C15H25N3. The van der Waals surface area contributed by atoms with Crippen molar-refractivity contribution < 1.29 is 0 Å². The van der Waals surface area contributed by atoms with Gasteiger partial charge in [-0.3, -0.25) is 0 Å². The molecule has 1 aromatic heterocycles. The van der Waals surface area contributed by atoms with Crippen LogP contribution in [0, 0.1) is 5.92 Å². The standard InChI is InChI=1S/C15H25N3/c1-11(2)17-9-14-6-5-7-16-15(14)18-10-12(3)8-13(18)4/h5-7,11-13,17H,8-10H2,1-4H3. The maximum atomic E-state index is 4.61. The van der Waals surface area contributed by atoms with E-state index in [2.05, 4.69) is 49.0 Å². The highest BCUT2D eigenvalue weighted by atomic mass is 15.2. The summed E-state index contributed by atoms with van der Waals surface area (Å²) in [6.07, 6.45) is 3.18. The van der Waals surface area contributed by atoms with E-state index in [4.69, 9.17) is 0 Å². The molecule has 1 aliphatic heterocycles. The number of nitrogens with one attached hydrogen (secondary N) is 1. The summed E-state index contributed by atoms with van der Waals surface area (Å²) in [4.78, 5) is 7.07. The Morgan fingerprint density at radius 1 is 1.44 bits per heavy atom. The third kappa shape index (κ3) is 3.02. The molecule has 0 spiro atoms. The predicted octanol–water partition coefficient (Wildman–Crippen LogP) is 2.81. The number of nitrogens with zero attached hydrogens (tertiary/aromatic N) is 2. The van der Waals surface area contributed by atoms with Crippen LogP contribution in [0.25, 0.3) is 0 Å². The minimum absolute atomic E-state index is 0.507. The molecule has 1 N–H and O–H groups in total. The number of aromatic nitrogens is 1. The Kier molecular flexibility index (Phi) is 4.23. The third-order valence-corrected chi connectivity index (χ3v) is 3.62. The van der Waals surface area contributed by atoms with Crippen LogP contribution in [0.2, 0.25) is 0 Å². The number of hydrogen-bond acceptors (Lipinski definition) is 3. The SMILES string of the molecule is CC1CC(C)N(c2ncccc2CNC(C)C)C1. The van der Waals surface area contributed by atoms with Gasteiger partial charge in [0.2, 0.25) is 0 Å². The summed E-state index contributed by atoms with van der Waals surface area (Å²) in [6.45, 7) is 11.0. The average molecular weight is 247 g/mol. The molecule has 1 fully saturated rings. The molecule has 3 heteroatoms. The zero-order valence-corrected chi connectivity index (χ0v) is 12.0. The quantitative estimate of drug-likeness (QED) is 0.887. The first kappa shape index (κ1) is 13.3. The zero-order chi connectivity index (χ0) is 13.1. The van der Waals surface area contributed by atoms with Gasteiger partial charge in [-0.1, -0.05) is 26.8 Å². The van der Waals surface area contributed by atoms with Crippen molar-refractivity contribution in [3.63, 3.8) is 0 Å². The van der Waals surface area contributed by atoms with Crippen molar-refractivity contribution in [1.29, 1.82) is 0 Å². The summed E-state index contributed by atoms with van der Waals surface area (Å²) in [5.41, 5.74) is 1.31. The van der Waals surface area contributed by atoms with Gasteiger partial charge >= 0.3 is 0 Å². The van der Waals surface area contributed by atoms with Crippen LogP contribution in [0.1, 0.15) is 39.7 Å². The third-order valence-electron chi connectivity index (χ3n) is 3.62. The highest BCUT2D eigenvalue weighted by molar-refractivity contribution is 5.48. The molecule has 3 nitrogen and oxygen atoms in total. The Morgan fingerprint density at radius 2 is 2.22 bits per heavy atom. The van der Waals surface area contributed by atoms with E-state index in [1.807, 2.05) is 12.3 Å². The Balaban J connectivity index is 2.16. The summed E-state index contributed by atoms with van der Waals surface area (Å²) >= 11 is 0. The molecule has 2 heterocycles. The van der Waals surface area contributed by atoms with Crippen LogP contribution in [0.15, 0.2) is 18.3 Å². The van der Waals surface area contributed by atoms with Gasteiger partial charge < -0.3 is 10.2 Å². The Labute approximate surface area is 111 Å². The second kappa shape index (κ2) is 5.70. The van der Waals surface area contributed by atoms with E-state index in [-0.39, 0.29) is 0 Å². The number of anilines is 1. The van der Waals surface area contributed by atoms with Crippen LogP contribution in [0.4, 0.5) is 5.82 Å². The van der Waals surface area contributed by atoms with Crippen LogP contribution in [0.3, 0.4) is 0 Å². The fourth-order valence-corrected chi connectivity index (χ4v) is 2.74. The molecule has 2 atom stereocenters. The summed E-state index contributed by atoms with van der Waals surface area (Å²) in [7, 11) is 0. The Hall–Kier alpha value is -1.09. The maximum Gasteiger partial charge on any atom is 0.133 e. The van der Waals surface area contributed by atoms with Gasteiger partial charge in [0.15, 0.2) is 0 Å². The molecule has 0 amide bonds. The van der Waals surface area contributed by atoms with Gasteiger partial charge in [0.05, 0.1) is 0 Å². The van der Waals surface area contributed by atoms with Gasteiger partial charge in [-0.25, -0.2) is 4.98 Å². The topological polar surface area (TPSA) is 28.2 Å². The smallest absolute Gasteiger partial charge is 0.133 e. The van der Waals surface area contributed by atoms with Crippen molar-refractivity contribution in [2.24, 2.45) is 5.92 Å². The molecule has 0 aliphatic carbocycles. The van der Waals surface area contributed by atoms with E-state index >= 15 is 0 Å².